The molecule has 0 bridgehead atoms. The van der Waals surface area contributed by atoms with Gasteiger partial charge in [0, 0.05) is 30.6 Å². The number of thiazole rings is 1. The second-order valence-electron chi connectivity index (χ2n) is 10.0. The average Bonchev–Trinajstić information content (AvgIpc) is 3.64. The molecule has 3 aromatic rings. The van der Waals surface area contributed by atoms with Crippen molar-refractivity contribution in [3.8, 4) is 10.6 Å². The Balaban J connectivity index is 1.29. The number of carboxylic acid groups (broad SMARTS) is 1. The number of aliphatic carboxylic acids is 1. The Hall–Kier alpha value is -2.69. The van der Waals surface area contributed by atoms with Crippen LogP contribution in [0.25, 0.3) is 10.6 Å². The number of aromatic nitrogens is 3. The molecule has 0 unspecified atom stereocenters. The molecule has 0 aliphatic carbocycles. The van der Waals surface area contributed by atoms with Crippen molar-refractivity contribution < 1.29 is 14.7 Å². The third-order valence-corrected chi connectivity index (χ3v) is 9.52. The summed E-state index contributed by atoms with van der Waals surface area (Å²) in [4.78, 5) is 45.1. The average molecular weight is 540 g/mol. The van der Waals surface area contributed by atoms with E-state index in [9.17, 15) is 14.7 Å². The van der Waals surface area contributed by atoms with E-state index in [1.165, 1.54) is 29.5 Å². The Kier molecular flexibility index (Phi) is 7.97. The molecule has 37 heavy (non-hydrogen) atoms. The Morgan fingerprint density at radius 3 is 2.59 bits per heavy atom. The highest BCUT2D eigenvalue weighted by Crippen LogP contribution is 2.35. The Morgan fingerprint density at radius 1 is 1.14 bits per heavy atom. The summed E-state index contributed by atoms with van der Waals surface area (Å²) in [6.45, 7) is 7.60. The van der Waals surface area contributed by atoms with E-state index in [0.29, 0.717) is 43.5 Å². The van der Waals surface area contributed by atoms with Crippen LogP contribution in [0.4, 0.5) is 5.82 Å². The summed E-state index contributed by atoms with van der Waals surface area (Å²) in [5.41, 5.74) is 2.57. The van der Waals surface area contributed by atoms with Crippen LogP contribution in [0.15, 0.2) is 23.8 Å². The van der Waals surface area contributed by atoms with Crippen LogP contribution >= 0.6 is 22.7 Å². The first-order chi connectivity index (χ1) is 17.9. The van der Waals surface area contributed by atoms with Gasteiger partial charge in [-0.25, -0.2) is 15.0 Å². The van der Waals surface area contributed by atoms with Gasteiger partial charge in [0.2, 0.25) is 0 Å². The molecule has 8 nitrogen and oxygen atoms in total. The maximum absolute atomic E-state index is 13.1. The van der Waals surface area contributed by atoms with Crippen molar-refractivity contribution in [3.63, 3.8) is 0 Å². The number of carboxylic acids is 1. The van der Waals surface area contributed by atoms with Crippen molar-refractivity contribution >= 4 is 40.2 Å². The van der Waals surface area contributed by atoms with Gasteiger partial charge in [0.05, 0.1) is 35.3 Å². The van der Waals surface area contributed by atoms with Gasteiger partial charge in [-0.3, -0.25) is 14.5 Å². The first-order valence-corrected chi connectivity index (χ1v) is 14.7. The number of rotatable bonds is 9. The van der Waals surface area contributed by atoms with Crippen molar-refractivity contribution in [1.82, 2.24) is 19.9 Å². The summed E-state index contributed by atoms with van der Waals surface area (Å²) in [5, 5.41) is 12.2. The molecule has 5 heterocycles. The highest BCUT2D eigenvalue weighted by molar-refractivity contribution is 7.15. The van der Waals surface area contributed by atoms with Crippen molar-refractivity contribution in [2.75, 3.05) is 24.5 Å². The minimum absolute atomic E-state index is 0.0922. The monoisotopic (exact) mass is 539 g/mol. The number of anilines is 1. The number of aryl methyl sites for hydroxylation is 1. The lowest BCUT2D eigenvalue weighted by atomic mass is 9.97. The van der Waals surface area contributed by atoms with Gasteiger partial charge in [0.15, 0.2) is 5.78 Å². The molecule has 196 valence electrons. The minimum Gasteiger partial charge on any atom is -0.481 e. The SMILES string of the molecule is CC[C@@H]1CCCN1Cc1sc(CC(=O)c2cnc(N3CCC(C(=O)O)CC3)cn2)nc1-c1cc(C)cs1. The summed E-state index contributed by atoms with van der Waals surface area (Å²) in [6.07, 6.45) is 8.19. The molecule has 0 aromatic carbocycles. The van der Waals surface area contributed by atoms with E-state index >= 15 is 0 Å². The fourth-order valence-electron chi connectivity index (χ4n) is 5.29. The van der Waals surface area contributed by atoms with Crippen molar-refractivity contribution in [2.45, 2.75) is 65.0 Å². The number of carbonyl (C=O) groups excluding carboxylic acids is 1. The summed E-state index contributed by atoms with van der Waals surface area (Å²) in [5.74, 6) is -0.441. The zero-order chi connectivity index (χ0) is 25.9. The van der Waals surface area contributed by atoms with Gasteiger partial charge >= 0.3 is 5.97 Å². The topological polar surface area (TPSA) is 99.5 Å². The molecule has 3 aromatic heterocycles. The lowest BCUT2D eigenvalue weighted by Crippen LogP contribution is -2.36. The summed E-state index contributed by atoms with van der Waals surface area (Å²) in [6, 6.07) is 2.80. The number of likely N-dealkylation sites (tertiary alicyclic amines) is 1. The predicted octanol–water partition coefficient (Wildman–Crippen LogP) is 5.07. The largest absolute Gasteiger partial charge is 0.481 e. The molecule has 2 aliphatic rings. The van der Waals surface area contributed by atoms with Gasteiger partial charge in [0.25, 0.3) is 0 Å². The molecular formula is C27H33N5O3S2. The third-order valence-electron chi connectivity index (χ3n) is 7.43. The zero-order valence-electron chi connectivity index (χ0n) is 21.4. The molecule has 0 amide bonds. The summed E-state index contributed by atoms with van der Waals surface area (Å²) >= 11 is 3.35. The van der Waals surface area contributed by atoms with E-state index in [-0.39, 0.29) is 18.1 Å². The number of piperidine rings is 1. The fourth-order valence-corrected chi connectivity index (χ4v) is 7.38. The first-order valence-electron chi connectivity index (χ1n) is 13.0. The summed E-state index contributed by atoms with van der Waals surface area (Å²) in [7, 11) is 0. The van der Waals surface area contributed by atoms with Crippen LogP contribution in [-0.2, 0) is 17.8 Å². The molecule has 0 saturated carbocycles. The molecular weight excluding hydrogens is 506 g/mol. The van der Waals surface area contributed by atoms with E-state index in [4.69, 9.17) is 4.98 Å². The molecule has 2 saturated heterocycles. The van der Waals surface area contributed by atoms with E-state index in [1.807, 2.05) is 4.90 Å². The Bertz CT molecular complexity index is 1250. The second-order valence-corrected chi connectivity index (χ2v) is 12.1. The summed E-state index contributed by atoms with van der Waals surface area (Å²) < 4.78 is 0. The van der Waals surface area contributed by atoms with Crippen molar-refractivity contribution in [1.29, 1.82) is 0 Å². The van der Waals surface area contributed by atoms with Gasteiger partial charge in [-0.2, -0.15) is 0 Å². The number of Topliss-reactive ketones (excluding diaryl/α,β-unsaturated/α-hetero) is 1. The fraction of sp³-hybridized carbons (Fsp3) is 0.519. The third kappa shape index (κ3) is 5.91. The molecule has 2 fully saturated rings. The van der Waals surface area contributed by atoms with E-state index in [1.54, 1.807) is 28.9 Å². The van der Waals surface area contributed by atoms with E-state index in [2.05, 4.69) is 40.2 Å². The second kappa shape index (κ2) is 11.4. The Labute approximate surface area is 225 Å². The van der Waals surface area contributed by atoms with Gasteiger partial charge in [-0.05, 0) is 62.6 Å². The van der Waals surface area contributed by atoms with Crippen LogP contribution in [0.2, 0.25) is 0 Å². The van der Waals surface area contributed by atoms with Crippen LogP contribution in [0.5, 0.6) is 0 Å². The van der Waals surface area contributed by atoms with Crippen LogP contribution in [-0.4, -0.2) is 62.4 Å². The zero-order valence-corrected chi connectivity index (χ0v) is 23.0. The van der Waals surface area contributed by atoms with Crippen LogP contribution in [0.3, 0.4) is 0 Å². The maximum atomic E-state index is 13.1. The van der Waals surface area contributed by atoms with Crippen LogP contribution < -0.4 is 4.90 Å². The highest BCUT2D eigenvalue weighted by atomic mass is 32.1. The van der Waals surface area contributed by atoms with Crippen molar-refractivity contribution in [3.05, 3.63) is 45.0 Å². The number of thiophene rings is 1. The lowest BCUT2D eigenvalue weighted by Gasteiger charge is -2.30. The van der Waals surface area contributed by atoms with Gasteiger partial charge in [0.1, 0.15) is 16.5 Å². The molecule has 5 rings (SSSR count). The molecule has 1 atom stereocenters. The molecule has 1 N–H and O–H groups in total. The predicted molar refractivity (Wildman–Crippen MR) is 147 cm³/mol. The highest BCUT2D eigenvalue weighted by Gasteiger charge is 2.27. The van der Waals surface area contributed by atoms with Crippen molar-refractivity contribution in [2.24, 2.45) is 5.92 Å². The van der Waals surface area contributed by atoms with E-state index < -0.39 is 5.97 Å². The molecule has 0 radical (unpaired) electrons. The molecule has 2 aliphatic heterocycles. The van der Waals surface area contributed by atoms with Gasteiger partial charge in [-0.1, -0.05) is 6.92 Å². The standard InChI is InChI=1S/C27H33N5O3S2/c1-3-19-5-4-8-32(19)15-23-26(22-11-17(2)16-36-22)30-25(37-23)12-21(33)20-13-29-24(14-28-20)31-9-6-18(7-10-31)27(34)35/h11,13-14,16,18-19H,3-10,12,15H2,1-2H3,(H,34,35)/t19-/m1/s1. The first kappa shape index (κ1) is 25.9. The number of hydrogen-bond donors (Lipinski definition) is 1. The van der Waals surface area contributed by atoms with Gasteiger partial charge in [-0.15, -0.1) is 22.7 Å². The van der Waals surface area contributed by atoms with Crippen LogP contribution in [0, 0.1) is 12.8 Å². The number of carbonyl (C=O) groups is 2. The number of ketones is 1. The number of nitrogens with zero attached hydrogens (tertiary/aromatic N) is 5. The molecule has 0 spiro atoms. The molecule has 10 heteroatoms. The minimum atomic E-state index is -0.736. The maximum Gasteiger partial charge on any atom is 0.306 e. The van der Waals surface area contributed by atoms with Crippen LogP contribution in [0.1, 0.15) is 65.0 Å². The normalized spacial score (nSPS) is 19.0. The number of hydrogen-bond acceptors (Lipinski definition) is 9. The quantitative estimate of drug-likeness (QED) is 0.376. The smallest absolute Gasteiger partial charge is 0.306 e. The van der Waals surface area contributed by atoms with E-state index in [0.717, 1.165) is 35.1 Å². The lowest BCUT2D eigenvalue weighted by molar-refractivity contribution is -0.142. The van der Waals surface area contributed by atoms with Gasteiger partial charge < -0.3 is 10.0 Å². The Morgan fingerprint density at radius 2 is 1.95 bits per heavy atom.